The molecule has 2 fully saturated rings. The summed E-state index contributed by atoms with van der Waals surface area (Å²) in [6.07, 6.45) is 9.88. The van der Waals surface area contributed by atoms with Crippen molar-refractivity contribution in [2.45, 2.75) is 38.1 Å². The van der Waals surface area contributed by atoms with Gasteiger partial charge in [-0.3, -0.25) is 9.48 Å². The molecule has 1 saturated carbocycles. The lowest BCUT2D eigenvalue weighted by molar-refractivity contribution is 0.0765. The highest BCUT2D eigenvalue weighted by molar-refractivity contribution is 6.02. The molecule has 3 aromatic heterocycles. The fraction of sp³-hybridized carbons (Fsp3) is 0.478. The van der Waals surface area contributed by atoms with Gasteiger partial charge in [0.25, 0.3) is 5.91 Å². The predicted molar refractivity (Wildman–Crippen MR) is 114 cm³/mol. The van der Waals surface area contributed by atoms with Crippen LogP contribution in [0, 0.1) is 0 Å². The summed E-state index contributed by atoms with van der Waals surface area (Å²) in [5.41, 5.74) is 3.93. The van der Waals surface area contributed by atoms with Gasteiger partial charge in [0.05, 0.1) is 28.5 Å². The van der Waals surface area contributed by atoms with E-state index in [1.165, 1.54) is 25.7 Å². The summed E-state index contributed by atoms with van der Waals surface area (Å²) in [5.74, 6) is 0.141. The molecule has 6 nitrogen and oxygen atoms in total. The molecule has 5 rings (SSSR count). The number of pyridine rings is 1. The van der Waals surface area contributed by atoms with Crippen molar-refractivity contribution in [3.05, 3.63) is 48.3 Å². The molecule has 1 aliphatic heterocycles. The van der Waals surface area contributed by atoms with E-state index in [0.29, 0.717) is 6.04 Å². The lowest BCUT2D eigenvalue weighted by Crippen LogP contribution is -2.34. The summed E-state index contributed by atoms with van der Waals surface area (Å²) in [6, 6.07) is 10.7. The highest BCUT2D eigenvalue weighted by Crippen LogP contribution is 2.34. The molecule has 1 amide bonds. The number of hydrogen-bond acceptors (Lipinski definition) is 3. The fourth-order valence-electron chi connectivity index (χ4n) is 4.90. The van der Waals surface area contributed by atoms with Crippen molar-refractivity contribution in [1.82, 2.24) is 24.0 Å². The van der Waals surface area contributed by atoms with Crippen molar-refractivity contribution in [2.75, 3.05) is 33.2 Å². The summed E-state index contributed by atoms with van der Waals surface area (Å²) < 4.78 is 4.33. The third-order valence-electron chi connectivity index (χ3n) is 6.52. The van der Waals surface area contributed by atoms with Crippen molar-refractivity contribution in [1.29, 1.82) is 0 Å². The van der Waals surface area contributed by atoms with Gasteiger partial charge in [0, 0.05) is 32.0 Å². The van der Waals surface area contributed by atoms with Gasteiger partial charge in [0.2, 0.25) is 0 Å². The van der Waals surface area contributed by atoms with Crippen LogP contribution < -0.4 is 0 Å². The molecule has 6 heteroatoms. The second-order valence-electron chi connectivity index (χ2n) is 8.45. The highest BCUT2D eigenvalue weighted by atomic mass is 16.2. The normalized spacial score (nSPS) is 19.1. The predicted octanol–water partition coefficient (Wildman–Crippen LogP) is 3.70. The summed E-state index contributed by atoms with van der Waals surface area (Å²) in [5, 5.41) is 4.65. The number of carbonyl (C=O) groups excluding carboxylic acids is 1. The molecule has 1 aliphatic carbocycles. The minimum Gasteiger partial charge on any atom is -0.337 e. The molecule has 1 saturated heterocycles. The Morgan fingerprint density at radius 2 is 1.86 bits per heavy atom. The van der Waals surface area contributed by atoms with E-state index < -0.39 is 0 Å². The van der Waals surface area contributed by atoms with Crippen LogP contribution in [0.3, 0.4) is 0 Å². The van der Waals surface area contributed by atoms with E-state index in [9.17, 15) is 4.79 Å². The smallest absolute Gasteiger partial charge is 0.256 e. The van der Waals surface area contributed by atoms with Gasteiger partial charge in [-0.25, -0.2) is 0 Å². The summed E-state index contributed by atoms with van der Waals surface area (Å²) >= 11 is 0. The molecule has 0 aromatic carbocycles. The van der Waals surface area contributed by atoms with Gasteiger partial charge in [0.1, 0.15) is 0 Å². The number of aromatic nitrogens is 3. The Morgan fingerprint density at radius 1 is 1.00 bits per heavy atom. The molecule has 0 bridgehead atoms. The van der Waals surface area contributed by atoms with Gasteiger partial charge in [-0.05, 0) is 57.1 Å². The summed E-state index contributed by atoms with van der Waals surface area (Å²) in [6.45, 7) is 3.59. The van der Waals surface area contributed by atoms with Crippen LogP contribution in [0.25, 0.3) is 16.9 Å². The van der Waals surface area contributed by atoms with Gasteiger partial charge in [-0.1, -0.05) is 18.9 Å². The molecule has 0 radical (unpaired) electrons. The van der Waals surface area contributed by atoms with Crippen LogP contribution in [-0.4, -0.2) is 63.1 Å². The maximum absolute atomic E-state index is 13.5. The average molecular weight is 392 g/mol. The van der Waals surface area contributed by atoms with Gasteiger partial charge in [0.15, 0.2) is 0 Å². The van der Waals surface area contributed by atoms with E-state index in [4.69, 9.17) is 0 Å². The zero-order valence-corrected chi connectivity index (χ0v) is 17.1. The monoisotopic (exact) mass is 391 g/mol. The topological polar surface area (TPSA) is 45.8 Å². The molecule has 0 unspecified atom stereocenters. The lowest BCUT2D eigenvalue weighted by Gasteiger charge is -2.20. The van der Waals surface area contributed by atoms with Crippen LogP contribution >= 0.6 is 0 Å². The zero-order valence-electron chi connectivity index (χ0n) is 17.1. The largest absolute Gasteiger partial charge is 0.337 e. The minimum atomic E-state index is 0.141. The molecule has 0 N–H and O–H groups in total. The Kier molecular flexibility index (Phi) is 4.87. The number of nitrogens with zero attached hydrogens (tertiary/aromatic N) is 5. The van der Waals surface area contributed by atoms with Gasteiger partial charge in [-0.2, -0.15) is 5.10 Å². The minimum absolute atomic E-state index is 0.141. The highest BCUT2D eigenvalue weighted by Gasteiger charge is 2.26. The van der Waals surface area contributed by atoms with Crippen molar-refractivity contribution in [3.63, 3.8) is 0 Å². The van der Waals surface area contributed by atoms with Crippen LogP contribution in [-0.2, 0) is 0 Å². The first kappa shape index (κ1) is 18.4. The first-order valence-corrected chi connectivity index (χ1v) is 10.8. The molecule has 4 heterocycles. The number of fused-ring (bicyclic) bond motifs is 1. The van der Waals surface area contributed by atoms with Crippen LogP contribution in [0.4, 0.5) is 0 Å². The van der Waals surface area contributed by atoms with E-state index in [2.05, 4.69) is 50.5 Å². The number of hydrogen-bond donors (Lipinski definition) is 0. The Bertz CT molecular complexity index is 1010. The zero-order chi connectivity index (χ0) is 19.8. The SMILES string of the molecule is CN1CCCN(C(=O)c2cc(-c3ccnn3C3CCCC3)n3ccccc23)CC1. The number of rotatable bonds is 3. The molecule has 0 spiro atoms. The molecule has 152 valence electrons. The molecule has 3 aromatic rings. The van der Waals surface area contributed by atoms with Crippen molar-refractivity contribution in [2.24, 2.45) is 0 Å². The summed E-state index contributed by atoms with van der Waals surface area (Å²) in [7, 11) is 2.13. The Hall–Kier alpha value is -2.60. The molecule has 29 heavy (non-hydrogen) atoms. The second-order valence-corrected chi connectivity index (χ2v) is 8.45. The second kappa shape index (κ2) is 7.67. The third-order valence-corrected chi connectivity index (χ3v) is 6.52. The molecule has 0 atom stereocenters. The van der Waals surface area contributed by atoms with E-state index in [-0.39, 0.29) is 5.91 Å². The molecular weight excluding hydrogens is 362 g/mol. The average Bonchev–Trinajstić information content (AvgIpc) is 3.45. The third kappa shape index (κ3) is 3.35. The van der Waals surface area contributed by atoms with E-state index >= 15 is 0 Å². The van der Waals surface area contributed by atoms with Crippen LogP contribution in [0.1, 0.15) is 48.5 Å². The van der Waals surface area contributed by atoms with Crippen molar-refractivity contribution >= 4 is 11.4 Å². The Morgan fingerprint density at radius 3 is 2.72 bits per heavy atom. The fourth-order valence-corrected chi connectivity index (χ4v) is 4.90. The summed E-state index contributed by atoms with van der Waals surface area (Å²) in [4.78, 5) is 17.8. The van der Waals surface area contributed by atoms with Gasteiger partial charge < -0.3 is 14.2 Å². The number of amides is 1. The van der Waals surface area contributed by atoms with Crippen molar-refractivity contribution < 1.29 is 4.79 Å². The van der Waals surface area contributed by atoms with Crippen LogP contribution in [0.5, 0.6) is 0 Å². The number of likely N-dealkylation sites (N-methyl/N-ethyl adjacent to an activating group) is 1. The number of carbonyl (C=O) groups is 1. The van der Waals surface area contributed by atoms with Crippen LogP contribution in [0.15, 0.2) is 42.7 Å². The molecular formula is C23H29N5O. The Labute approximate surface area is 171 Å². The standard InChI is InChI=1S/C23H29N5O/c1-25-12-6-13-26(16-15-25)23(29)19-17-22(27-14-5-4-9-20(19)27)21-10-11-24-28(21)18-7-2-3-8-18/h4-5,9-11,14,17-18H,2-3,6-8,12-13,15-16H2,1H3. The lowest BCUT2D eigenvalue weighted by atomic mass is 10.2. The quantitative estimate of drug-likeness (QED) is 0.684. The van der Waals surface area contributed by atoms with E-state index in [1.54, 1.807) is 0 Å². The van der Waals surface area contributed by atoms with Gasteiger partial charge in [-0.15, -0.1) is 0 Å². The first-order valence-electron chi connectivity index (χ1n) is 10.8. The van der Waals surface area contributed by atoms with E-state index in [0.717, 1.165) is 55.1 Å². The van der Waals surface area contributed by atoms with Crippen molar-refractivity contribution in [3.8, 4) is 11.4 Å². The molecule has 2 aliphatic rings. The van der Waals surface area contributed by atoms with E-state index in [1.807, 2.05) is 23.2 Å². The maximum atomic E-state index is 13.5. The first-order chi connectivity index (χ1) is 14.2. The maximum Gasteiger partial charge on any atom is 0.256 e. The Balaban J connectivity index is 1.56. The van der Waals surface area contributed by atoms with Gasteiger partial charge >= 0.3 is 0 Å². The van der Waals surface area contributed by atoms with Crippen LogP contribution in [0.2, 0.25) is 0 Å².